The fraction of sp³-hybridized carbons (Fsp3) is 0.588. The zero-order chi connectivity index (χ0) is 33.2. The molecule has 5 aliphatic rings. The van der Waals surface area contributed by atoms with E-state index in [1.54, 1.807) is 26.2 Å². The molecule has 0 N–H and O–H groups in total. The number of benzene rings is 1. The molecule has 3 aromatic rings. The number of carbonyl (C=O) groups excluding carboxylic acids is 1. The standard InChI is InChI=1S/C34H40F3N7O4/c1-41(2)30(45)27-13-23-18-42(10-4-12-44(23)40-27)29-25-19-47-34(9-7-21-5-6-24(14-26(21)34)48-31(36)37)16-28(25)38-32(39-29)46-20-33-8-3-11-43(33)17-22(35)15-33/h5-6,13-14,22,31H,3-4,7-12,15-20H2,1-2H3/t22-,33+,34?/m1/s1. The summed E-state index contributed by atoms with van der Waals surface area (Å²) in [5, 5.41) is 4.59. The third kappa shape index (κ3) is 5.46. The summed E-state index contributed by atoms with van der Waals surface area (Å²) in [6.45, 7) is 0.706. The maximum absolute atomic E-state index is 14.6. The number of hydrogen-bond donors (Lipinski definition) is 0. The van der Waals surface area contributed by atoms with Gasteiger partial charge in [-0.1, -0.05) is 6.07 Å². The third-order valence-corrected chi connectivity index (χ3v) is 10.8. The van der Waals surface area contributed by atoms with Gasteiger partial charge in [0.15, 0.2) is 5.69 Å². The number of nitrogens with zero attached hydrogens (tertiary/aromatic N) is 7. The fourth-order valence-corrected chi connectivity index (χ4v) is 8.45. The Kier molecular flexibility index (Phi) is 7.78. The van der Waals surface area contributed by atoms with Crippen molar-refractivity contribution in [2.45, 2.75) is 88.6 Å². The number of aryl methyl sites for hydroxylation is 2. The molecule has 0 saturated carbocycles. The number of fused-ring (bicyclic) bond motifs is 5. The lowest BCUT2D eigenvalue weighted by Crippen LogP contribution is -2.43. The molecule has 1 aliphatic carbocycles. The van der Waals surface area contributed by atoms with Gasteiger partial charge in [0.25, 0.3) is 5.91 Å². The first-order valence-electron chi connectivity index (χ1n) is 16.8. The van der Waals surface area contributed by atoms with E-state index in [2.05, 4.69) is 14.9 Å². The highest BCUT2D eigenvalue weighted by Gasteiger charge is 2.50. The van der Waals surface area contributed by atoms with Crippen LogP contribution in [-0.2, 0) is 42.9 Å². The van der Waals surface area contributed by atoms with Crippen molar-refractivity contribution in [3.63, 3.8) is 0 Å². The molecule has 14 heteroatoms. The number of amides is 1. The first-order chi connectivity index (χ1) is 23.1. The normalized spacial score (nSPS) is 26.3. The zero-order valence-corrected chi connectivity index (χ0v) is 27.3. The number of aromatic nitrogens is 4. The Bertz CT molecular complexity index is 1740. The molecule has 1 amide bonds. The molecular weight excluding hydrogens is 627 g/mol. The molecule has 2 aromatic heterocycles. The second kappa shape index (κ2) is 11.9. The highest BCUT2D eigenvalue weighted by Crippen LogP contribution is 2.48. The molecule has 2 saturated heterocycles. The van der Waals surface area contributed by atoms with Crippen LogP contribution in [0.15, 0.2) is 24.3 Å². The van der Waals surface area contributed by atoms with Gasteiger partial charge in [-0.3, -0.25) is 14.4 Å². The van der Waals surface area contributed by atoms with Crippen LogP contribution in [-0.4, -0.2) is 94.1 Å². The molecule has 1 aromatic carbocycles. The first kappa shape index (κ1) is 31.4. The molecule has 1 unspecified atom stereocenters. The second-order valence-corrected chi connectivity index (χ2v) is 14.0. The molecule has 6 heterocycles. The van der Waals surface area contributed by atoms with Gasteiger partial charge < -0.3 is 24.0 Å². The van der Waals surface area contributed by atoms with Gasteiger partial charge in [0.1, 0.15) is 24.3 Å². The summed E-state index contributed by atoms with van der Waals surface area (Å²) in [6, 6.07) is 7.16. The van der Waals surface area contributed by atoms with Crippen molar-refractivity contribution in [3.05, 3.63) is 58.0 Å². The molecule has 4 aliphatic heterocycles. The topological polar surface area (TPSA) is 98.1 Å². The summed E-state index contributed by atoms with van der Waals surface area (Å²) in [5.74, 6) is 0.643. The van der Waals surface area contributed by atoms with Gasteiger partial charge in [0.05, 0.1) is 35.7 Å². The van der Waals surface area contributed by atoms with Crippen molar-refractivity contribution < 1.29 is 32.2 Å². The molecule has 11 nitrogen and oxygen atoms in total. The minimum absolute atomic E-state index is 0.100. The number of carbonyl (C=O) groups is 1. The molecule has 3 atom stereocenters. The number of rotatable bonds is 7. The lowest BCUT2D eigenvalue weighted by atomic mass is 9.86. The van der Waals surface area contributed by atoms with E-state index >= 15 is 0 Å². The van der Waals surface area contributed by atoms with Gasteiger partial charge in [-0.05, 0) is 68.0 Å². The van der Waals surface area contributed by atoms with Gasteiger partial charge in [0.2, 0.25) is 0 Å². The Labute approximate surface area is 277 Å². The van der Waals surface area contributed by atoms with Crippen molar-refractivity contribution >= 4 is 11.7 Å². The fourth-order valence-electron chi connectivity index (χ4n) is 8.45. The van der Waals surface area contributed by atoms with Crippen LogP contribution in [0.1, 0.15) is 70.7 Å². The van der Waals surface area contributed by atoms with E-state index in [4.69, 9.17) is 24.2 Å². The second-order valence-electron chi connectivity index (χ2n) is 14.0. The Hall–Kier alpha value is -3.91. The predicted octanol–water partition coefficient (Wildman–Crippen LogP) is 4.26. The van der Waals surface area contributed by atoms with Gasteiger partial charge in [-0.15, -0.1) is 0 Å². The summed E-state index contributed by atoms with van der Waals surface area (Å²) in [4.78, 5) is 28.6. The highest BCUT2D eigenvalue weighted by atomic mass is 19.3. The van der Waals surface area contributed by atoms with Gasteiger partial charge in [-0.2, -0.15) is 23.8 Å². The van der Waals surface area contributed by atoms with Crippen LogP contribution >= 0.6 is 0 Å². The van der Waals surface area contributed by atoms with Gasteiger partial charge in [-0.25, -0.2) is 4.39 Å². The predicted molar refractivity (Wildman–Crippen MR) is 168 cm³/mol. The Balaban J connectivity index is 1.15. The van der Waals surface area contributed by atoms with Crippen LogP contribution in [0, 0.1) is 0 Å². The highest BCUT2D eigenvalue weighted by molar-refractivity contribution is 5.92. The van der Waals surface area contributed by atoms with E-state index in [-0.39, 0.29) is 29.8 Å². The van der Waals surface area contributed by atoms with E-state index in [1.165, 1.54) is 4.90 Å². The summed E-state index contributed by atoms with van der Waals surface area (Å²) < 4.78 is 60.5. The summed E-state index contributed by atoms with van der Waals surface area (Å²) in [7, 11) is 3.42. The molecule has 256 valence electrons. The zero-order valence-electron chi connectivity index (χ0n) is 27.3. The molecule has 0 radical (unpaired) electrons. The molecule has 2 fully saturated rings. The maximum atomic E-state index is 14.6. The number of alkyl halides is 3. The third-order valence-electron chi connectivity index (χ3n) is 10.8. The first-order valence-corrected chi connectivity index (χ1v) is 16.8. The summed E-state index contributed by atoms with van der Waals surface area (Å²) >= 11 is 0. The van der Waals surface area contributed by atoms with E-state index in [1.807, 2.05) is 16.8 Å². The van der Waals surface area contributed by atoms with Crippen molar-refractivity contribution in [1.29, 1.82) is 0 Å². The number of hydrogen-bond acceptors (Lipinski definition) is 9. The maximum Gasteiger partial charge on any atom is 0.387 e. The van der Waals surface area contributed by atoms with E-state index < -0.39 is 18.4 Å². The van der Waals surface area contributed by atoms with Gasteiger partial charge >= 0.3 is 12.6 Å². The van der Waals surface area contributed by atoms with E-state index in [0.717, 1.165) is 60.3 Å². The lowest BCUT2D eigenvalue weighted by molar-refractivity contribution is -0.0740. The largest absolute Gasteiger partial charge is 0.461 e. The van der Waals surface area contributed by atoms with Crippen LogP contribution in [0.3, 0.4) is 0 Å². The molecular formula is C34H40F3N7O4. The van der Waals surface area contributed by atoms with E-state index in [9.17, 15) is 18.0 Å². The molecule has 48 heavy (non-hydrogen) atoms. The molecule has 1 spiro atoms. The SMILES string of the molecule is CN(C)C(=O)c1cc2n(n1)CCCN(c1nc(OC[C@@]34CCCN3C[C@H](F)C4)nc3c1COC1(CCc4ccc(OC(F)F)cc41)C3)C2. The quantitative estimate of drug-likeness (QED) is 0.366. The van der Waals surface area contributed by atoms with Crippen molar-refractivity contribution in [2.24, 2.45) is 0 Å². The molecule has 8 rings (SSSR count). The van der Waals surface area contributed by atoms with Crippen molar-refractivity contribution in [3.8, 4) is 11.8 Å². The number of ether oxygens (including phenoxy) is 3. The minimum atomic E-state index is -2.92. The van der Waals surface area contributed by atoms with Crippen molar-refractivity contribution in [1.82, 2.24) is 29.5 Å². The Morgan fingerprint density at radius 1 is 1.15 bits per heavy atom. The minimum Gasteiger partial charge on any atom is -0.461 e. The molecule has 0 bridgehead atoms. The number of anilines is 1. The Morgan fingerprint density at radius 3 is 2.85 bits per heavy atom. The van der Waals surface area contributed by atoms with Crippen LogP contribution < -0.4 is 14.4 Å². The van der Waals surface area contributed by atoms with Crippen LogP contribution in [0.4, 0.5) is 19.0 Å². The number of halogens is 3. The van der Waals surface area contributed by atoms with Gasteiger partial charge in [0, 0.05) is 52.1 Å². The summed E-state index contributed by atoms with van der Waals surface area (Å²) in [5.41, 5.74) is 3.70. The average Bonchev–Trinajstić information content (AvgIpc) is 3.77. The monoisotopic (exact) mass is 667 g/mol. The summed E-state index contributed by atoms with van der Waals surface area (Å²) in [6.07, 6.45) is 4.04. The van der Waals surface area contributed by atoms with Crippen LogP contribution in [0.5, 0.6) is 11.8 Å². The average molecular weight is 668 g/mol. The van der Waals surface area contributed by atoms with Crippen LogP contribution in [0.25, 0.3) is 0 Å². The van der Waals surface area contributed by atoms with E-state index in [0.29, 0.717) is 63.6 Å². The smallest absolute Gasteiger partial charge is 0.387 e. The van der Waals surface area contributed by atoms with Crippen molar-refractivity contribution in [2.75, 3.05) is 45.2 Å². The Morgan fingerprint density at radius 2 is 2.02 bits per heavy atom. The van der Waals surface area contributed by atoms with Crippen LogP contribution in [0.2, 0.25) is 0 Å². The lowest BCUT2D eigenvalue weighted by Gasteiger charge is -2.37.